The molecule has 0 saturated carbocycles. The van der Waals surface area contributed by atoms with Gasteiger partial charge in [-0.1, -0.05) is 55.8 Å². The van der Waals surface area contributed by atoms with Crippen LogP contribution in [0, 0.1) is 0 Å². The van der Waals surface area contributed by atoms with Crippen LogP contribution in [0.15, 0.2) is 54.6 Å². The third kappa shape index (κ3) is 6.08. The van der Waals surface area contributed by atoms with Gasteiger partial charge in [-0.2, -0.15) is 4.80 Å². The zero-order chi connectivity index (χ0) is 20.5. The van der Waals surface area contributed by atoms with Crippen molar-refractivity contribution in [3.05, 3.63) is 65.7 Å². The molecule has 3 N–H and O–H groups in total. The first-order valence-corrected chi connectivity index (χ1v) is 9.83. The Morgan fingerprint density at radius 1 is 1.07 bits per heavy atom. The van der Waals surface area contributed by atoms with Crippen LogP contribution >= 0.6 is 12.2 Å². The number of hydrogen-bond acceptors (Lipinski definition) is 5. The molecule has 0 bridgehead atoms. The Bertz CT molecular complexity index is 941. The van der Waals surface area contributed by atoms with E-state index < -0.39 is 0 Å². The van der Waals surface area contributed by atoms with Crippen molar-refractivity contribution in [1.29, 1.82) is 0 Å². The molecule has 150 valence electrons. The minimum absolute atomic E-state index is 0.263. The number of amides is 1. The van der Waals surface area contributed by atoms with E-state index in [1.807, 2.05) is 42.5 Å². The number of carbonyl (C=O) groups excluding carboxylic acids is 1. The molecule has 3 aromatic rings. The molecule has 0 atom stereocenters. The maximum Gasteiger partial charge on any atom is 0.269 e. The molecule has 0 unspecified atom stereocenters. The van der Waals surface area contributed by atoms with Crippen molar-refractivity contribution >= 4 is 23.2 Å². The first-order chi connectivity index (χ1) is 14.2. The fourth-order valence-corrected chi connectivity index (χ4v) is 2.70. The highest BCUT2D eigenvalue weighted by molar-refractivity contribution is 7.80. The zero-order valence-corrected chi connectivity index (χ0v) is 16.9. The van der Waals surface area contributed by atoms with Gasteiger partial charge in [-0.25, -0.2) is 0 Å². The third-order valence-electron chi connectivity index (χ3n) is 4.13. The summed E-state index contributed by atoms with van der Waals surface area (Å²) in [5, 5.41) is 16.0. The van der Waals surface area contributed by atoms with Gasteiger partial charge in [0.15, 0.2) is 5.11 Å². The highest BCUT2D eigenvalue weighted by Gasteiger charge is 2.08. The number of rotatable bonds is 7. The lowest BCUT2D eigenvalue weighted by atomic mass is 10.1. The average Bonchev–Trinajstić information content (AvgIpc) is 3.22. The number of aromatic nitrogens is 4. The number of unbranched alkanes of at least 4 members (excludes halogenated alkanes) is 1. The second-order valence-electron chi connectivity index (χ2n) is 6.39. The quantitative estimate of drug-likeness (QED) is 0.313. The third-order valence-corrected chi connectivity index (χ3v) is 4.38. The standard InChI is InChI=1S/C20H23N7OS/c1-2-3-13-21-20(29)24-23-19(28)17-11-9-15(10-12-17)14-27-25-18(22-26-27)16-7-5-4-6-8-16/h4-12H,2-3,13-14H2,1H3,(H,23,28)(H2,21,24,29). The van der Waals surface area contributed by atoms with Crippen molar-refractivity contribution in [1.82, 2.24) is 36.4 Å². The molecule has 1 heterocycles. The summed E-state index contributed by atoms with van der Waals surface area (Å²) in [6.07, 6.45) is 2.09. The largest absolute Gasteiger partial charge is 0.361 e. The topological polar surface area (TPSA) is 96.8 Å². The Labute approximate surface area is 174 Å². The highest BCUT2D eigenvalue weighted by Crippen LogP contribution is 2.12. The molecule has 0 radical (unpaired) electrons. The average molecular weight is 410 g/mol. The van der Waals surface area contributed by atoms with Gasteiger partial charge in [0.05, 0.1) is 6.54 Å². The van der Waals surface area contributed by atoms with E-state index in [0.717, 1.165) is 30.5 Å². The Hall–Kier alpha value is -3.33. The normalized spacial score (nSPS) is 10.4. The van der Waals surface area contributed by atoms with Crippen molar-refractivity contribution < 1.29 is 4.79 Å². The Kier molecular flexibility index (Phi) is 7.23. The van der Waals surface area contributed by atoms with Gasteiger partial charge in [0.2, 0.25) is 5.82 Å². The van der Waals surface area contributed by atoms with Gasteiger partial charge in [-0.15, -0.1) is 10.2 Å². The van der Waals surface area contributed by atoms with Gasteiger partial charge < -0.3 is 5.32 Å². The fraction of sp³-hybridized carbons (Fsp3) is 0.250. The van der Waals surface area contributed by atoms with Crippen LogP contribution in [-0.4, -0.2) is 37.8 Å². The van der Waals surface area contributed by atoms with Gasteiger partial charge in [0.25, 0.3) is 5.91 Å². The predicted molar refractivity (Wildman–Crippen MR) is 115 cm³/mol. The van der Waals surface area contributed by atoms with E-state index in [2.05, 4.69) is 38.5 Å². The van der Waals surface area contributed by atoms with E-state index in [1.165, 1.54) is 4.80 Å². The molecule has 2 aromatic carbocycles. The minimum Gasteiger partial charge on any atom is -0.361 e. The smallest absolute Gasteiger partial charge is 0.269 e. The lowest BCUT2D eigenvalue weighted by Crippen LogP contribution is -2.46. The van der Waals surface area contributed by atoms with Gasteiger partial charge in [0, 0.05) is 17.7 Å². The summed E-state index contributed by atoms with van der Waals surface area (Å²) in [6.45, 7) is 3.34. The van der Waals surface area contributed by atoms with Crippen LogP contribution in [0.5, 0.6) is 0 Å². The maximum atomic E-state index is 12.2. The number of benzene rings is 2. The minimum atomic E-state index is -0.263. The van der Waals surface area contributed by atoms with Crippen LogP contribution in [0.4, 0.5) is 0 Å². The van der Waals surface area contributed by atoms with Crippen molar-refractivity contribution in [2.24, 2.45) is 0 Å². The molecule has 29 heavy (non-hydrogen) atoms. The van der Waals surface area contributed by atoms with Crippen molar-refractivity contribution in [3.8, 4) is 11.4 Å². The molecule has 0 fully saturated rings. The molecule has 3 rings (SSSR count). The molecule has 0 spiro atoms. The first kappa shape index (κ1) is 20.4. The molecule has 0 aliphatic carbocycles. The van der Waals surface area contributed by atoms with Gasteiger partial charge in [-0.3, -0.25) is 15.6 Å². The lowest BCUT2D eigenvalue weighted by Gasteiger charge is -2.11. The van der Waals surface area contributed by atoms with E-state index in [-0.39, 0.29) is 5.91 Å². The second kappa shape index (κ2) is 10.3. The van der Waals surface area contributed by atoms with Crippen LogP contribution in [-0.2, 0) is 6.54 Å². The van der Waals surface area contributed by atoms with Crippen LogP contribution in [0.25, 0.3) is 11.4 Å². The summed E-state index contributed by atoms with van der Waals surface area (Å²) >= 11 is 5.11. The van der Waals surface area contributed by atoms with Crippen molar-refractivity contribution in [2.75, 3.05) is 6.54 Å². The summed E-state index contributed by atoms with van der Waals surface area (Å²) in [5.74, 6) is 0.317. The molecule has 0 aliphatic rings. The molecular formula is C20H23N7OS. The predicted octanol–water partition coefficient (Wildman–Crippen LogP) is 2.30. The summed E-state index contributed by atoms with van der Waals surface area (Å²) in [7, 11) is 0. The number of hydrazine groups is 1. The number of nitrogens with zero attached hydrogens (tertiary/aromatic N) is 4. The number of nitrogens with one attached hydrogen (secondary N) is 3. The Morgan fingerprint density at radius 3 is 2.55 bits per heavy atom. The van der Waals surface area contributed by atoms with Crippen LogP contribution < -0.4 is 16.2 Å². The molecule has 1 aromatic heterocycles. The summed E-state index contributed by atoms with van der Waals surface area (Å²) in [6, 6.07) is 16.9. The highest BCUT2D eigenvalue weighted by atomic mass is 32.1. The molecule has 9 heteroatoms. The molecular weight excluding hydrogens is 386 g/mol. The van der Waals surface area contributed by atoms with Crippen molar-refractivity contribution in [3.63, 3.8) is 0 Å². The van der Waals surface area contributed by atoms with Crippen LogP contribution in [0.2, 0.25) is 0 Å². The van der Waals surface area contributed by atoms with Crippen molar-refractivity contribution in [2.45, 2.75) is 26.3 Å². The van der Waals surface area contributed by atoms with E-state index in [0.29, 0.717) is 23.0 Å². The fourth-order valence-electron chi connectivity index (χ4n) is 2.55. The van der Waals surface area contributed by atoms with Crippen LogP contribution in [0.3, 0.4) is 0 Å². The lowest BCUT2D eigenvalue weighted by molar-refractivity contribution is 0.0943. The number of thiocarbonyl (C=S) groups is 1. The number of hydrogen-bond donors (Lipinski definition) is 3. The van der Waals surface area contributed by atoms with E-state index in [4.69, 9.17) is 12.2 Å². The first-order valence-electron chi connectivity index (χ1n) is 9.42. The van der Waals surface area contributed by atoms with E-state index >= 15 is 0 Å². The SMILES string of the molecule is CCCCNC(=S)NNC(=O)c1ccc(Cn2nnc(-c3ccccc3)n2)cc1. The Balaban J connectivity index is 1.52. The van der Waals surface area contributed by atoms with Crippen LogP contribution in [0.1, 0.15) is 35.7 Å². The maximum absolute atomic E-state index is 12.2. The zero-order valence-electron chi connectivity index (χ0n) is 16.1. The molecule has 0 aliphatic heterocycles. The Morgan fingerprint density at radius 2 is 1.83 bits per heavy atom. The molecule has 8 nitrogen and oxygen atoms in total. The van der Waals surface area contributed by atoms with Gasteiger partial charge >= 0.3 is 0 Å². The second-order valence-corrected chi connectivity index (χ2v) is 6.80. The van der Waals surface area contributed by atoms with E-state index in [9.17, 15) is 4.79 Å². The number of tetrazole rings is 1. The summed E-state index contributed by atoms with van der Waals surface area (Å²) in [4.78, 5) is 13.7. The summed E-state index contributed by atoms with van der Waals surface area (Å²) < 4.78 is 0. The van der Waals surface area contributed by atoms with Gasteiger partial charge in [0.1, 0.15) is 0 Å². The summed E-state index contributed by atoms with van der Waals surface area (Å²) in [5.41, 5.74) is 7.69. The number of carbonyl (C=O) groups is 1. The monoisotopic (exact) mass is 409 g/mol. The molecule has 1 amide bonds. The molecule has 0 saturated heterocycles. The van der Waals surface area contributed by atoms with E-state index in [1.54, 1.807) is 12.1 Å². The van der Waals surface area contributed by atoms with Gasteiger partial charge in [-0.05, 0) is 41.5 Å².